The number of rotatable bonds is 6. The van der Waals surface area contributed by atoms with E-state index in [-0.39, 0.29) is 36.5 Å². The lowest BCUT2D eigenvalue weighted by Gasteiger charge is -2.59. The molecule has 1 aromatic rings. The molecule has 6 rings (SSSR count). The number of nitrogens with zero attached hydrogens (tertiary/aromatic N) is 1. The Hall–Kier alpha value is -2.07. The number of pyridine rings is 1. The Bertz CT molecular complexity index is 914. The van der Waals surface area contributed by atoms with E-state index in [1.54, 1.807) is 6.20 Å². The predicted octanol–water partition coefficient (Wildman–Crippen LogP) is 3.23. The van der Waals surface area contributed by atoms with E-state index >= 15 is 0 Å². The van der Waals surface area contributed by atoms with Crippen molar-refractivity contribution in [3.63, 3.8) is 0 Å². The van der Waals surface area contributed by atoms with Gasteiger partial charge in [0.2, 0.25) is 18.0 Å². The number of carbonyl (C=O) groups is 2. The van der Waals surface area contributed by atoms with Gasteiger partial charge in [-0.3, -0.25) is 14.6 Å². The maximum absolute atomic E-state index is 12.6. The number of nitrogens with one attached hydrogen (secondary N) is 1. The fraction of sp³-hybridized carbons (Fsp3) is 0.720. The van der Waals surface area contributed by atoms with E-state index in [1.807, 2.05) is 32.0 Å². The third kappa shape index (κ3) is 4.23. The van der Waals surface area contributed by atoms with Crippen LogP contribution in [0.25, 0.3) is 0 Å². The van der Waals surface area contributed by atoms with Crippen molar-refractivity contribution in [1.82, 2.24) is 10.3 Å². The summed E-state index contributed by atoms with van der Waals surface area (Å²) in [5, 5.41) is 2.77. The number of ether oxygens (including phenoxy) is 3. The number of carbonyl (C=O) groups excluding carboxylic acids is 2. The molecular weight excluding hydrogens is 440 g/mol. The fourth-order valence-corrected chi connectivity index (χ4v) is 6.19. The van der Waals surface area contributed by atoms with Crippen LogP contribution in [0, 0.1) is 23.7 Å². The Labute approximate surface area is 199 Å². The van der Waals surface area contributed by atoms with Crippen molar-refractivity contribution >= 4 is 11.9 Å². The lowest BCUT2D eigenvalue weighted by molar-refractivity contribution is -0.576. The van der Waals surface area contributed by atoms with Gasteiger partial charge in [-0.1, -0.05) is 19.9 Å². The van der Waals surface area contributed by atoms with Gasteiger partial charge in [-0.15, -0.1) is 0 Å². The number of fused-ring (bicyclic) bond motifs is 2. The van der Waals surface area contributed by atoms with Gasteiger partial charge in [-0.25, -0.2) is 9.78 Å². The Morgan fingerprint density at radius 1 is 1.15 bits per heavy atom. The second kappa shape index (κ2) is 9.18. The Morgan fingerprint density at radius 2 is 2.00 bits per heavy atom. The van der Waals surface area contributed by atoms with E-state index in [0.29, 0.717) is 12.5 Å². The van der Waals surface area contributed by atoms with E-state index in [0.717, 1.165) is 31.4 Å². The number of esters is 1. The molecule has 9 heteroatoms. The predicted molar refractivity (Wildman–Crippen MR) is 118 cm³/mol. The smallest absolute Gasteiger partial charge is 0.308 e. The molecule has 8 atom stereocenters. The van der Waals surface area contributed by atoms with Gasteiger partial charge >= 0.3 is 5.97 Å². The first-order valence-electron chi connectivity index (χ1n) is 12.4. The van der Waals surface area contributed by atoms with Crippen LogP contribution in [0.15, 0.2) is 24.4 Å². The third-order valence-electron chi connectivity index (χ3n) is 8.09. The molecule has 1 spiro atoms. The quantitative estimate of drug-likeness (QED) is 0.495. The van der Waals surface area contributed by atoms with Crippen LogP contribution in [0.5, 0.6) is 0 Å². The minimum atomic E-state index is -0.877. The van der Waals surface area contributed by atoms with E-state index < -0.39 is 29.9 Å². The van der Waals surface area contributed by atoms with Crippen LogP contribution in [0.1, 0.15) is 65.0 Å². The number of hydrogen-bond acceptors (Lipinski definition) is 8. The minimum Gasteiger partial charge on any atom is -0.435 e. The maximum Gasteiger partial charge on any atom is 0.308 e. The standard InChI is InChI=1S/C25H34N2O7/c1-15-7-8-19-16(2)22(31-23-25(19)18(15)11-12-24(3,32-23)33-34-25)30-21(29)10-9-20(28)27-14-17-6-4-5-13-26-17/h4-6,13,15-16,18-19,22-23H,7-12,14H2,1-3H3,(H,27,28)/t15-,16-,18+,19+,22-,23-,24-,25+/m1/s1. The lowest BCUT2D eigenvalue weighted by atomic mass is 9.58. The normalized spacial score (nSPS) is 40.7. The molecule has 9 nitrogen and oxygen atoms in total. The zero-order valence-corrected chi connectivity index (χ0v) is 20.0. The van der Waals surface area contributed by atoms with E-state index in [4.69, 9.17) is 24.0 Å². The van der Waals surface area contributed by atoms with Crippen LogP contribution >= 0.6 is 0 Å². The molecule has 0 radical (unpaired) electrons. The Kier molecular flexibility index (Phi) is 6.39. The number of amides is 1. The summed E-state index contributed by atoms with van der Waals surface area (Å²) in [5.41, 5.74) is 0.0657. The Balaban J connectivity index is 1.20. The van der Waals surface area contributed by atoms with Crippen molar-refractivity contribution in [3.8, 4) is 0 Å². The summed E-state index contributed by atoms with van der Waals surface area (Å²) in [6, 6.07) is 5.51. The summed E-state index contributed by atoms with van der Waals surface area (Å²) in [6.45, 7) is 6.47. The van der Waals surface area contributed by atoms with Crippen molar-refractivity contribution in [3.05, 3.63) is 30.1 Å². The van der Waals surface area contributed by atoms with E-state index in [2.05, 4.69) is 17.2 Å². The topological polar surface area (TPSA) is 105 Å². The van der Waals surface area contributed by atoms with Gasteiger partial charge in [0.25, 0.3) is 0 Å². The van der Waals surface area contributed by atoms with Crippen LogP contribution in [-0.2, 0) is 40.1 Å². The summed E-state index contributed by atoms with van der Waals surface area (Å²) >= 11 is 0. The average molecular weight is 475 g/mol. The molecule has 1 N–H and O–H groups in total. The van der Waals surface area contributed by atoms with Gasteiger partial charge < -0.3 is 19.5 Å². The van der Waals surface area contributed by atoms with Crippen LogP contribution in [0.3, 0.4) is 0 Å². The SMILES string of the molecule is C[C@H]1[C@H](OC(=O)CCC(=O)NCc2ccccn2)O[C@@H]2O[C@@]3(C)CC[C@H]4[C@H](C)CC[C@@H]1[C@]24OO3. The lowest BCUT2D eigenvalue weighted by Crippen LogP contribution is -2.70. The first-order valence-corrected chi connectivity index (χ1v) is 12.4. The largest absolute Gasteiger partial charge is 0.435 e. The van der Waals surface area contributed by atoms with Crippen LogP contribution in [0.2, 0.25) is 0 Å². The van der Waals surface area contributed by atoms with E-state index in [1.165, 1.54) is 0 Å². The molecule has 2 bridgehead atoms. The first kappa shape index (κ1) is 23.7. The van der Waals surface area contributed by atoms with Gasteiger partial charge in [0, 0.05) is 30.9 Å². The molecule has 186 valence electrons. The Morgan fingerprint density at radius 3 is 2.79 bits per heavy atom. The zero-order valence-electron chi connectivity index (χ0n) is 20.0. The summed E-state index contributed by atoms with van der Waals surface area (Å²) in [4.78, 5) is 40.9. The van der Waals surface area contributed by atoms with Gasteiger partial charge in [0.1, 0.15) is 0 Å². The minimum absolute atomic E-state index is 0.0288. The van der Waals surface area contributed by atoms with Crippen LogP contribution in [-0.4, -0.2) is 40.8 Å². The van der Waals surface area contributed by atoms with Crippen molar-refractivity contribution in [1.29, 1.82) is 0 Å². The molecule has 1 aromatic heterocycles. The molecule has 0 unspecified atom stereocenters. The molecule has 1 amide bonds. The second-order valence-electron chi connectivity index (χ2n) is 10.4. The summed E-state index contributed by atoms with van der Waals surface area (Å²) in [6.07, 6.45) is 3.92. The molecule has 1 aliphatic carbocycles. The zero-order chi connectivity index (χ0) is 23.9. The van der Waals surface area contributed by atoms with Gasteiger partial charge in [0.15, 0.2) is 11.9 Å². The third-order valence-corrected chi connectivity index (χ3v) is 8.09. The van der Waals surface area contributed by atoms with E-state index in [9.17, 15) is 9.59 Å². The highest BCUT2D eigenvalue weighted by atomic mass is 17.3. The molecule has 1 saturated carbocycles. The molecule has 4 aliphatic heterocycles. The van der Waals surface area contributed by atoms with Crippen molar-refractivity contribution in [2.24, 2.45) is 23.7 Å². The maximum atomic E-state index is 12.6. The highest BCUT2D eigenvalue weighted by molar-refractivity contribution is 5.81. The monoisotopic (exact) mass is 474 g/mol. The first-order chi connectivity index (χ1) is 16.3. The molecule has 5 fully saturated rings. The van der Waals surface area contributed by atoms with Gasteiger partial charge in [-0.05, 0) is 50.2 Å². The van der Waals surface area contributed by atoms with Gasteiger partial charge in [-0.2, -0.15) is 0 Å². The number of aromatic nitrogens is 1. The second-order valence-corrected chi connectivity index (χ2v) is 10.4. The highest BCUT2D eigenvalue weighted by Gasteiger charge is 2.69. The molecule has 34 heavy (non-hydrogen) atoms. The van der Waals surface area contributed by atoms with Gasteiger partial charge in [0.05, 0.1) is 18.7 Å². The van der Waals surface area contributed by atoms with Crippen LogP contribution < -0.4 is 5.32 Å². The summed E-state index contributed by atoms with van der Waals surface area (Å²) < 4.78 is 18.3. The van der Waals surface area contributed by atoms with Crippen molar-refractivity contribution in [2.45, 2.75) is 89.8 Å². The summed E-state index contributed by atoms with van der Waals surface area (Å²) in [7, 11) is 0. The molecule has 5 aliphatic rings. The fourth-order valence-electron chi connectivity index (χ4n) is 6.19. The molecule has 5 heterocycles. The van der Waals surface area contributed by atoms with Crippen LogP contribution in [0.4, 0.5) is 0 Å². The molecule has 4 saturated heterocycles. The van der Waals surface area contributed by atoms with Crippen molar-refractivity contribution in [2.75, 3.05) is 0 Å². The van der Waals surface area contributed by atoms with Crippen molar-refractivity contribution < 1.29 is 33.6 Å². The molecule has 0 aromatic carbocycles. The number of hydrogen-bond donors (Lipinski definition) is 1. The summed E-state index contributed by atoms with van der Waals surface area (Å²) in [5.74, 6) is -0.876. The highest BCUT2D eigenvalue weighted by Crippen LogP contribution is 2.60. The average Bonchev–Trinajstić information content (AvgIpc) is 3.06. The molecular formula is C25H34N2O7.